The van der Waals surface area contributed by atoms with Crippen molar-refractivity contribution in [1.29, 1.82) is 0 Å². The molecule has 4 rings (SSSR count). The van der Waals surface area contributed by atoms with Gasteiger partial charge in [-0.15, -0.1) is 0 Å². The van der Waals surface area contributed by atoms with Gasteiger partial charge in [-0.1, -0.05) is 12.1 Å². The lowest BCUT2D eigenvalue weighted by atomic mass is 10.0. The van der Waals surface area contributed by atoms with E-state index in [0.29, 0.717) is 6.04 Å². The summed E-state index contributed by atoms with van der Waals surface area (Å²) in [5, 5.41) is 0. The van der Waals surface area contributed by atoms with E-state index in [9.17, 15) is 9.18 Å². The van der Waals surface area contributed by atoms with Crippen LogP contribution < -0.4 is 0 Å². The van der Waals surface area contributed by atoms with E-state index < -0.39 is 0 Å². The highest BCUT2D eigenvalue weighted by atomic mass is 19.1. The molecule has 2 heterocycles. The van der Waals surface area contributed by atoms with Crippen molar-refractivity contribution < 1.29 is 9.18 Å². The predicted molar refractivity (Wildman–Crippen MR) is 97.8 cm³/mol. The fourth-order valence-electron chi connectivity index (χ4n) is 3.52. The summed E-state index contributed by atoms with van der Waals surface area (Å²) < 4.78 is 13.3. The summed E-state index contributed by atoms with van der Waals surface area (Å²) in [6.45, 7) is 3.56. The van der Waals surface area contributed by atoms with Crippen molar-refractivity contribution >= 4 is 5.91 Å². The number of rotatable bonds is 7. The molecule has 0 bridgehead atoms. The number of carbonyl (C=O) groups excluding carboxylic acids is 1. The molecule has 1 aromatic carbocycles. The Balaban J connectivity index is 1.32. The molecule has 1 saturated heterocycles. The Morgan fingerprint density at radius 2 is 1.92 bits per heavy atom. The average molecular weight is 353 g/mol. The minimum Gasteiger partial charge on any atom is -0.339 e. The van der Waals surface area contributed by atoms with E-state index >= 15 is 0 Å². The normalized spacial score (nSPS) is 17.4. The summed E-state index contributed by atoms with van der Waals surface area (Å²) in [6, 6.07) is 10.8. The van der Waals surface area contributed by atoms with E-state index in [0.717, 1.165) is 37.7 Å². The van der Waals surface area contributed by atoms with Crippen LogP contribution in [0.1, 0.15) is 24.0 Å². The van der Waals surface area contributed by atoms with Gasteiger partial charge in [-0.25, -0.2) is 4.39 Å². The highest BCUT2D eigenvalue weighted by Crippen LogP contribution is 2.32. The standard InChI is InChI=1S/C21H24FN3O/c22-19-3-1-2-18(10-19)11-21(26)25-14-20(15-25)24(12-16-4-5-16)13-17-6-8-23-9-7-17/h1-3,6-10,16,20H,4-5,11-15H2. The Bertz CT molecular complexity index is 757. The van der Waals surface area contributed by atoms with Gasteiger partial charge in [-0.2, -0.15) is 0 Å². The molecular formula is C21H24FN3O. The largest absolute Gasteiger partial charge is 0.339 e. The minimum absolute atomic E-state index is 0.0853. The zero-order valence-corrected chi connectivity index (χ0v) is 14.9. The van der Waals surface area contributed by atoms with Gasteiger partial charge in [-0.05, 0) is 54.2 Å². The molecule has 2 aromatic rings. The SMILES string of the molecule is O=C(Cc1cccc(F)c1)N1CC(N(Cc2ccncc2)CC2CC2)C1. The van der Waals surface area contributed by atoms with Crippen LogP contribution >= 0.6 is 0 Å². The minimum atomic E-state index is -0.287. The lowest BCUT2D eigenvalue weighted by Crippen LogP contribution is -2.61. The molecule has 0 spiro atoms. The molecule has 5 heteroatoms. The van der Waals surface area contributed by atoms with Gasteiger partial charge in [0.2, 0.25) is 5.91 Å². The maximum Gasteiger partial charge on any atom is 0.227 e. The lowest BCUT2D eigenvalue weighted by Gasteiger charge is -2.45. The third-order valence-electron chi connectivity index (χ3n) is 5.30. The summed E-state index contributed by atoms with van der Waals surface area (Å²) in [4.78, 5) is 20.9. The Hall–Kier alpha value is -2.27. The van der Waals surface area contributed by atoms with Gasteiger partial charge in [0.05, 0.1) is 6.42 Å². The number of carbonyl (C=O) groups is 1. The van der Waals surface area contributed by atoms with Crippen LogP contribution in [0.25, 0.3) is 0 Å². The van der Waals surface area contributed by atoms with E-state index in [1.807, 2.05) is 17.3 Å². The highest BCUT2D eigenvalue weighted by molar-refractivity contribution is 5.79. The van der Waals surface area contributed by atoms with Gasteiger partial charge in [0.15, 0.2) is 0 Å². The molecule has 0 unspecified atom stereocenters. The third-order valence-corrected chi connectivity index (χ3v) is 5.30. The monoisotopic (exact) mass is 353 g/mol. The van der Waals surface area contributed by atoms with Gasteiger partial charge >= 0.3 is 0 Å². The first-order valence-corrected chi connectivity index (χ1v) is 9.32. The molecule has 2 aliphatic rings. The highest BCUT2D eigenvalue weighted by Gasteiger charge is 2.37. The average Bonchev–Trinajstić information content (AvgIpc) is 3.38. The molecular weight excluding hydrogens is 329 g/mol. The number of benzene rings is 1. The number of aromatic nitrogens is 1. The van der Waals surface area contributed by atoms with Gasteiger partial charge < -0.3 is 4.90 Å². The summed E-state index contributed by atoms with van der Waals surface area (Å²) in [6.07, 6.45) is 6.58. The van der Waals surface area contributed by atoms with Gasteiger partial charge in [0.1, 0.15) is 5.82 Å². The van der Waals surface area contributed by atoms with Gasteiger partial charge in [0.25, 0.3) is 0 Å². The molecule has 0 N–H and O–H groups in total. The number of likely N-dealkylation sites (tertiary alicyclic amines) is 1. The molecule has 1 aliphatic heterocycles. The Morgan fingerprint density at radius 1 is 1.15 bits per heavy atom. The van der Waals surface area contributed by atoms with Crippen molar-refractivity contribution in [2.75, 3.05) is 19.6 Å². The molecule has 1 saturated carbocycles. The topological polar surface area (TPSA) is 36.4 Å². The van der Waals surface area contributed by atoms with Crippen LogP contribution in [0.3, 0.4) is 0 Å². The Morgan fingerprint density at radius 3 is 2.62 bits per heavy atom. The van der Waals surface area contributed by atoms with Crippen molar-refractivity contribution in [2.24, 2.45) is 5.92 Å². The number of nitrogens with zero attached hydrogens (tertiary/aromatic N) is 3. The van der Waals surface area contributed by atoms with Crippen LogP contribution in [-0.4, -0.2) is 46.4 Å². The Labute approximate surface area is 153 Å². The van der Waals surface area contributed by atoms with Crippen molar-refractivity contribution in [2.45, 2.75) is 31.8 Å². The van der Waals surface area contributed by atoms with Gasteiger partial charge in [-0.3, -0.25) is 14.7 Å². The van der Waals surface area contributed by atoms with E-state index in [1.54, 1.807) is 12.1 Å². The second kappa shape index (κ2) is 7.54. The number of hydrogen-bond donors (Lipinski definition) is 0. The van der Waals surface area contributed by atoms with E-state index in [4.69, 9.17) is 0 Å². The van der Waals surface area contributed by atoms with E-state index in [2.05, 4.69) is 22.0 Å². The van der Waals surface area contributed by atoms with Crippen LogP contribution in [0.15, 0.2) is 48.8 Å². The molecule has 136 valence electrons. The van der Waals surface area contributed by atoms with Crippen molar-refractivity contribution in [3.05, 3.63) is 65.7 Å². The fraction of sp³-hybridized carbons (Fsp3) is 0.429. The second-order valence-corrected chi connectivity index (χ2v) is 7.49. The van der Waals surface area contributed by atoms with E-state index in [-0.39, 0.29) is 18.1 Å². The first-order valence-electron chi connectivity index (χ1n) is 9.32. The maximum atomic E-state index is 13.3. The lowest BCUT2D eigenvalue weighted by molar-refractivity contribution is -0.138. The maximum absolute atomic E-state index is 13.3. The summed E-state index contributed by atoms with van der Waals surface area (Å²) in [7, 11) is 0. The molecule has 1 aromatic heterocycles. The summed E-state index contributed by atoms with van der Waals surface area (Å²) in [5.74, 6) is 0.612. The fourth-order valence-corrected chi connectivity index (χ4v) is 3.52. The molecule has 4 nitrogen and oxygen atoms in total. The molecule has 26 heavy (non-hydrogen) atoms. The van der Waals surface area contributed by atoms with E-state index in [1.165, 1.54) is 30.5 Å². The van der Waals surface area contributed by atoms with Crippen LogP contribution in [0, 0.1) is 11.7 Å². The molecule has 0 radical (unpaired) electrons. The summed E-state index contributed by atoms with van der Waals surface area (Å²) >= 11 is 0. The number of hydrogen-bond acceptors (Lipinski definition) is 3. The van der Waals surface area contributed by atoms with Crippen molar-refractivity contribution in [3.63, 3.8) is 0 Å². The zero-order chi connectivity index (χ0) is 17.9. The van der Waals surface area contributed by atoms with Gasteiger partial charge in [0, 0.05) is 44.6 Å². The first kappa shape index (κ1) is 17.2. The Kier molecular flexibility index (Phi) is 4.98. The second-order valence-electron chi connectivity index (χ2n) is 7.49. The molecule has 2 fully saturated rings. The smallest absolute Gasteiger partial charge is 0.227 e. The number of halogens is 1. The predicted octanol–water partition coefficient (Wildman–Crippen LogP) is 2.89. The molecule has 1 amide bonds. The van der Waals surface area contributed by atoms with Crippen LogP contribution in [0.2, 0.25) is 0 Å². The first-order chi connectivity index (χ1) is 12.7. The van der Waals surface area contributed by atoms with Crippen LogP contribution in [0.4, 0.5) is 4.39 Å². The summed E-state index contributed by atoms with van der Waals surface area (Å²) in [5.41, 5.74) is 2.01. The van der Waals surface area contributed by atoms with Crippen LogP contribution in [-0.2, 0) is 17.8 Å². The third kappa shape index (κ3) is 4.28. The quantitative estimate of drug-likeness (QED) is 0.768. The molecule has 0 atom stereocenters. The van der Waals surface area contributed by atoms with Crippen molar-refractivity contribution in [1.82, 2.24) is 14.8 Å². The number of pyridine rings is 1. The number of amides is 1. The van der Waals surface area contributed by atoms with Crippen molar-refractivity contribution in [3.8, 4) is 0 Å². The molecule has 1 aliphatic carbocycles. The van der Waals surface area contributed by atoms with Crippen LogP contribution in [0.5, 0.6) is 0 Å². The zero-order valence-electron chi connectivity index (χ0n) is 14.9.